The lowest BCUT2D eigenvalue weighted by Crippen LogP contribution is -2.51. The van der Waals surface area contributed by atoms with Crippen LogP contribution in [0.15, 0.2) is 0 Å². The van der Waals surface area contributed by atoms with Gasteiger partial charge in [-0.25, -0.2) is 0 Å². The maximum Gasteiger partial charge on any atom is 0.227 e. The van der Waals surface area contributed by atoms with Gasteiger partial charge in [0.15, 0.2) is 0 Å². The van der Waals surface area contributed by atoms with Crippen LogP contribution in [0.1, 0.15) is 39.0 Å². The summed E-state index contributed by atoms with van der Waals surface area (Å²) >= 11 is 0. The standard InChI is InChI=1S/C15H27N3O/c1-3-18(15(19)11-6-7-17(2)10-11)14-8-12-4-5-13(9-14)16-12/h11-14,16H,3-10H2,1-2H3. The number of fused-ring (bicyclic) bond motifs is 2. The van der Waals surface area contributed by atoms with Crippen LogP contribution < -0.4 is 5.32 Å². The topological polar surface area (TPSA) is 35.6 Å². The molecule has 3 aliphatic heterocycles. The average Bonchev–Trinajstić information content (AvgIpc) is 2.97. The maximum absolute atomic E-state index is 12.7. The van der Waals surface area contributed by atoms with Crippen LogP contribution in [0.5, 0.6) is 0 Å². The van der Waals surface area contributed by atoms with E-state index < -0.39 is 0 Å². The van der Waals surface area contributed by atoms with E-state index in [2.05, 4.69) is 29.1 Å². The third kappa shape index (κ3) is 2.65. The predicted molar refractivity (Wildman–Crippen MR) is 76.0 cm³/mol. The van der Waals surface area contributed by atoms with Crippen LogP contribution in [0.2, 0.25) is 0 Å². The van der Waals surface area contributed by atoms with Crippen molar-refractivity contribution < 1.29 is 4.79 Å². The minimum absolute atomic E-state index is 0.248. The van der Waals surface area contributed by atoms with E-state index in [1.165, 1.54) is 25.7 Å². The van der Waals surface area contributed by atoms with Crippen LogP contribution in [0, 0.1) is 5.92 Å². The van der Waals surface area contributed by atoms with Crippen molar-refractivity contribution in [1.29, 1.82) is 0 Å². The van der Waals surface area contributed by atoms with Gasteiger partial charge in [-0.15, -0.1) is 0 Å². The van der Waals surface area contributed by atoms with Gasteiger partial charge in [0, 0.05) is 31.2 Å². The smallest absolute Gasteiger partial charge is 0.227 e. The lowest BCUT2D eigenvalue weighted by Gasteiger charge is -2.38. The molecule has 0 radical (unpaired) electrons. The van der Waals surface area contributed by atoms with E-state index in [1.807, 2.05) is 0 Å². The van der Waals surface area contributed by atoms with Gasteiger partial charge in [-0.05, 0) is 52.6 Å². The summed E-state index contributed by atoms with van der Waals surface area (Å²) in [6, 6.07) is 1.82. The second-order valence-electron chi connectivity index (χ2n) is 6.64. The SMILES string of the molecule is CCN(C(=O)C1CCN(C)C1)C1CC2CCC(C1)N2. The molecule has 0 spiro atoms. The number of hydrogen-bond acceptors (Lipinski definition) is 3. The molecule has 3 rings (SSSR count). The Bertz CT molecular complexity index is 334. The van der Waals surface area contributed by atoms with Gasteiger partial charge >= 0.3 is 0 Å². The Balaban J connectivity index is 1.65. The number of nitrogens with one attached hydrogen (secondary N) is 1. The van der Waals surface area contributed by atoms with E-state index in [-0.39, 0.29) is 5.92 Å². The third-order valence-corrected chi connectivity index (χ3v) is 5.25. The summed E-state index contributed by atoms with van der Waals surface area (Å²) < 4.78 is 0. The number of likely N-dealkylation sites (tertiary alicyclic amines) is 1. The van der Waals surface area contributed by atoms with Gasteiger partial charge in [0.05, 0.1) is 5.92 Å². The summed E-state index contributed by atoms with van der Waals surface area (Å²) in [4.78, 5) is 17.2. The largest absolute Gasteiger partial charge is 0.340 e. The molecule has 19 heavy (non-hydrogen) atoms. The second kappa shape index (κ2) is 5.41. The van der Waals surface area contributed by atoms with Crippen LogP contribution in [-0.2, 0) is 4.79 Å². The summed E-state index contributed by atoms with van der Waals surface area (Å²) in [5.74, 6) is 0.663. The highest BCUT2D eigenvalue weighted by Crippen LogP contribution is 2.31. The van der Waals surface area contributed by atoms with Crippen LogP contribution in [0.3, 0.4) is 0 Å². The Kier molecular flexibility index (Phi) is 3.81. The number of carbonyl (C=O) groups is 1. The molecule has 0 saturated carbocycles. The molecule has 4 nitrogen and oxygen atoms in total. The molecule has 3 aliphatic rings. The molecule has 4 heteroatoms. The first-order chi connectivity index (χ1) is 9.17. The number of nitrogens with zero attached hydrogens (tertiary/aromatic N) is 2. The molecule has 0 aromatic carbocycles. The molecule has 3 atom stereocenters. The number of piperidine rings is 1. The summed E-state index contributed by atoms with van der Waals surface area (Å²) in [5, 5.41) is 3.67. The first-order valence-electron chi connectivity index (χ1n) is 7.92. The summed E-state index contributed by atoms with van der Waals surface area (Å²) in [5.41, 5.74) is 0. The van der Waals surface area contributed by atoms with E-state index in [0.717, 1.165) is 26.1 Å². The van der Waals surface area contributed by atoms with Gasteiger partial charge in [0.1, 0.15) is 0 Å². The van der Waals surface area contributed by atoms with E-state index >= 15 is 0 Å². The van der Waals surface area contributed by atoms with Gasteiger partial charge in [-0.3, -0.25) is 4.79 Å². The molecular weight excluding hydrogens is 238 g/mol. The Morgan fingerprint density at radius 2 is 1.95 bits per heavy atom. The predicted octanol–water partition coefficient (Wildman–Crippen LogP) is 1.07. The van der Waals surface area contributed by atoms with Crippen molar-refractivity contribution in [3.63, 3.8) is 0 Å². The van der Waals surface area contributed by atoms with Gasteiger partial charge in [-0.2, -0.15) is 0 Å². The first-order valence-corrected chi connectivity index (χ1v) is 7.92. The van der Waals surface area contributed by atoms with E-state index in [1.54, 1.807) is 0 Å². The molecule has 3 heterocycles. The Morgan fingerprint density at radius 1 is 1.26 bits per heavy atom. The monoisotopic (exact) mass is 265 g/mol. The van der Waals surface area contributed by atoms with Crippen molar-refractivity contribution >= 4 is 5.91 Å². The van der Waals surface area contributed by atoms with Gasteiger partial charge in [0.25, 0.3) is 0 Å². The molecule has 2 bridgehead atoms. The highest BCUT2D eigenvalue weighted by Gasteiger charge is 2.39. The minimum atomic E-state index is 0.248. The van der Waals surface area contributed by atoms with Gasteiger partial charge in [-0.1, -0.05) is 0 Å². The number of carbonyl (C=O) groups excluding carboxylic acids is 1. The Morgan fingerprint density at radius 3 is 2.47 bits per heavy atom. The molecule has 1 amide bonds. The number of rotatable bonds is 3. The molecule has 3 saturated heterocycles. The maximum atomic E-state index is 12.7. The molecule has 0 aromatic rings. The fraction of sp³-hybridized carbons (Fsp3) is 0.933. The second-order valence-corrected chi connectivity index (χ2v) is 6.64. The normalized spacial score (nSPS) is 38.6. The van der Waals surface area contributed by atoms with Crippen molar-refractivity contribution in [2.24, 2.45) is 5.92 Å². The van der Waals surface area contributed by atoms with Crippen LogP contribution in [0.4, 0.5) is 0 Å². The lowest BCUT2D eigenvalue weighted by molar-refractivity contribution is -0.138. The van der Waals surface area contributed by atoms with E-state index in [4.69, 9.17) is 0 Å². The van der Waals surface area contributed by atoms with Crippen LogP contribution in [0.25, 0.3) is 0 Å². The molecular formula is C15H27N3O. The zero-order valence-corrected chi connectivity index (χ0v) is 12.3. The minimum Gasteiger partial charge on any atom is -0.340 e. The fourth-order valence-corrected chi connectivity index (χ4v) is 4.25. The average molecular weight is 265 g/mol. The Hall–Kier alpha value is -0.610. The highest BCUT2D eigenvalue weighted by molar-refractivity contribution is 5.79. The number of hydrogen-bond donors (Lipinski definition) is 1. The highest BCUT2D eigenvalue weighted by atomic mass is 16.2. The molecule has 3 fully saturated rings. The summed E-state index contributed by atoms with van der Waals surface area (Å²) in [6.07, 6.45) is 5.99. The summed E-state index contributed by atoms with van der Waals surface area (Å²) in [7, 11) is 2.12. The first kappa shape index (κ1) is 13.4. The fourth-order valence-electron chi connectivity index (χ4n) is 4.25. The van der Waals surface area contributed by atoms with Crippen molar-refractivity contribution in [2.75, 3.05) is 26.7 Å². The number of amides is 1. The molecule has 3 unspecified atom stereocenters. The van der Waals surface area contributed by atoms with Crippen molar-refractivity contribution in [1.82, 2.24) is 15.1 Å². The van der Waals surface area contributed by atoms with Crippen LogP contribution >= 0.6 is 0 Å². The van der Waals surface area contributed by atoms with E-state index in [9.17, 15) is 4.79 Å². The Labute approximate surface area is 116 Å². The van der Waals surface area contributed by atoms with Gasteiger partial charge < -0.3 is 15.1 Å². The zero-order valence-electron chi connectivity index (χ0n) is 12.3. The van der Waals surface area contributed by atoms with Crippen molar-refractivity contribution in [2.45, 2.75) is 57.2 Å². The zero-order chi connectivity index (χ0) is 13.4. The van der Waals surface area contributed by atoms with E-state index in [0.29, 0.717) is 24.0 Å². The third-order valence-electron chi connectivity index (χ3n) is 5.25. The molecule has 0 aromatic heterocycles. The molecule has 1 N–H and O–H groups in total. The van der Waals surface area contributed by atoms with Crippen molar-refractivity contribution in [3.8, 4) is 0 Å². The molecule has 108 valence electrons. The quantitative estimate of drug-likeness (QED) is 0.829. The van der Waals surface area contributed by atoms with Gasteiger partial charge in [0.2, 0.25) is 5.91 Å². The summed E-state index contributed by atoms with van der Waals surface area (Å²) in [6.45, 7) is 5.04. The van der Waals surface area contributed by atoms with Crippen LogP contribution in [-0.4, -0.2) is 60.5 Å². The lowest BCUT2D eigenvalue weighted by atomic mass is 9.96. The van der Waals surface area contributed by atoms with Crippen molar-refractivity contribution in [3.05, 3.63) is 0 Å². The molecule has 0 aliphatic carbocycles.